The third kappa shape index (κ3) is 4.37. The lowest BCUT2D eigenvalue weighted by Crippen LogP contribution is -2.46. The number of urea groups is 1. The molecule has 1 aromatic carbocycles. The zero-order chi connectivity index (χ0) is 17.0. The maximum absolute atomic E-state index is 12.5. The van der Waals surface area contributed by atoms with Gasteiger partial charge in [0.2, 0.25) is 0 Å². The average Bonchev–Trinajstić information content (AvgIpc) is 2.86. The zero-order valence-corrected chi connectivity index (χ0v) is 14.6. The molecule has 1 aromatic rings. The molecule has 1 N–H and O–H groups in total. The molecule has 0 spiro atoms. The van der Waals surface area contributed by atoms with Gasteiger partial charge in [0.15, 0.2) is 9.84 Å². The number of nitrogens with one attached hydrogen (secondary N) is 1. The molecule has 0 radical (unpaired) electrons. The second-order valence-electron chi connectivity index (χ2n) is 5.79. The van der Waals surface area contributed by atoms with Crippen LogP contribution in [-0.4, -0.2) is 50.6 Å². The van der Waals surface area contributed by atoms with Crippen LogP contribution in [0.5, 0.6) is 5.75 Å². The second kappa shape index (κ2) is 7.21. The zero-order valence-electron chi connectivity index (χ0n) is 13.8. The SMILES string of the molecule is CCN(C(=O)N[C@@H]1CCS(=O)(=O)C1)[C@H](C)c1cccc(OC)c1. The van der Waals surface area contributed by atoms with Crippen LogP contribution in [0.15, 0.2) is 24.3 Å². The number of nitrogens with zero attached hydrogens (tertiary/aromatic N) is 1. The van der Waals surface area contributed by atoms with Crippen LogP contribution in [0.1, 0.15) is 31.9 Å². The van der Waals surface area contributed by atoms with Crippen LogP contribution in [0.2, 0.25) is 0 Å². The van der Waals surface area contributed by atoms with Gasteiger partial charge in [-0.15, -0.1) is 0 Å². The summed E-state index contributed by atoms with van der Waals surface area (Å²) in [6, 6.07) is 6.94. The topological polar surface area (TPSA) is 75.7 Å². The summed E-state index contributed by atoms with van der Waals surface area (Å²) >= 11 is 0. The number of methoxy groups -OCH3 is 1. The van der Waals surface area contributed by atoms with E-state index in [0.29, 0.717) is 13.0 Å². The number of benzene rings is 1. The number of amides is 2. The van der Waals surface area contributed by atoms with Gasteiger partial charge in [-0.05, 0) is 38.0 Å². The summed E-state index contributed by atoms with van der Waals surface area (Å²) in [6.45, 7) is 4.38. The summed E-state index contributed by atoms with van der Waals surface area (Å²) in [6.07, 6.45) is 0.485. The van der Waals surface area contributed by atoms with Crippen LogP contribution >= 0.6 is 0 Å². The Morgan fingerprint density at radius 3 is 2.78 bits per heavy atom. The molecule has 7 heteroatoms. The van der Waals surface area contributed by atoms with Crippen LogP contribution in [0.4, 0.5) is 4.79 Å². The van der Waals surface area contributed by atoms with Gasteiger partial charge in [0, 0.05) is 12.6 Å². The maximum atomic E-state index is 12.5. The van der Waals surface area contributed by atoms with E-state index in [1.165, 1.54) is 0 Å². The molecule has 1 saturated heterocycles. The largest absolute Gasteiger partial charge is 0.497 e. The Morgan fingerprint density at radius 2 is 2.22 bits per heavy atom. The van der Waals surface area contributed by atoms with Crippen LogP contribution in [0.3, 0.4) is 0 Å². The van der Waals surface area contributed by atoms with E-state index >= 15 is 0 Å². The van der Waals surface area contributed by atoms with Crippen LogP contribution in [0, 0.1) is 0 Å². The molecule has 1 fully saturated rings. The van der Waals surface area contributed by atoms with Crippen molar-refractivity contribution in [2.24, 2.45) is 0 Å². The molecule has 0 unspecified atom stereocenters. The Hall–Kier alpha value is -1.76. The fourth-order valence-electron chi connectivity index (χ4n) is 2.84. The van der Waals surface area contributed by atoms with Gasteiger partial charge < -0.3 is 15.0 Å². The molecule has 0 aliphatic carbocycles. The van der Waals surface area contributed by atoms with Gasteiger partial charge in [-0.1, -0.05) is 12.1 Å². The maximum Gasteiger partial charge on any atom is 0.318 e. The van der Waals surface area contributed by atoms with Gasteiger partial charge in [0.25, 0.3) is 0 Å². The number of hydrogen-bond donors (Lipinski definition) is 1. The number of carbonyl (C=O) groups is 1. The number of rotatable bonds is 5. The summed E-state index contributed by atoms with van der Waals surface area (Å²) in [4.78, 5) is 14.2. The van der Waals surface area contributed by atoms with Crippen molar-refractivity contribution in [3.63, 3.8) is 0 Å². The number of carbonyl (C=O) groups excluding carboxylic acids is 1. The lowest BCUT2D eigenvalue weighted by molar-refractivity contribution is 0.180. The lowest BCUT2D eigenvalue weighted by atomic mass is 10.1. The first-order chi connectivity index (χ1) is 10.9. The van der Waals surface area contributed by atoms with E-state index in [4.69, 9.17) is 4.74 Å². The van der Waals surface area contributed by atoms with Crippen molar-refractivity contribution in [1.82, 2.24) is 10.2 Å². The molecule has 0 saturated carbocycles. The smallest absolute Gasteiger partial charge is 0.318 e. The molecule has 2 atom stereocenters. The number of hydrogen-bond acceptors (Lipinski definition) is 4. The summed E-state index contributed by atoms with van der Waals surface area (Å²) in [5.41, 5.74) is 0.973. The third-order valence-corrected chi connectivity index (χ3v) is 5.97. The van der Waals surface area contributed by atoms with Crippen molar-refractivity contribution in [1.29, 1.82) is 0 Å². The average molecular weight is 340 g/mol. The van der Waals surface area contributed by atoms with Crippen LogP contribution in [-0.2, 0) is 9.84 Å². The van der Waals surface area contributed by atoms with Crippen molar-refractivity contribution >= 4 is 15.9 Å². The van der Waals surface area contributed by atoms with E-state index in [9.17, 15) is 13.2 Å². The third-order valence-electron chi connectivity index (χ3n) is 4.21. The van der Waals surface area contributed by atoms with Crippen LogP contribution < -0.4 is 10.1 Å². The number of sulfone groups is 1. The van der Waals surface area contributed by atoms with E-state index in [1.807, 2.05) is 38.1 Å². The molecule has 1 heterocycles. The molecule has 0 aromatic heterocycles. The first kappa shape index (κ1) is 17.6. The van der Waals surface area contributed by atoms with Gasteiger partial charge in [0.05, 0.1) is 24.7 Å². The van der Waals surface area contributed by atoms with Gasteiger partial charge in [-0.2, -0.15) is 0 Å². The number of ether oxygens (including phenoxy) is 1. The van der Waals surface area contributed by atoms with Crippen molar-refractivity contribution in [3.8, 4) is 5.75 Å². The summed E-state index contributed by atoms with van der Waals surface area (Å²) in [5.74, 6) is 0.923. The van der Waals surface area contributed by atoms with Gasteiger partial charge in [-0.3, -0.25) is 0 Å². The Balaban J connectivity index is 2.07. The van der Waals surface area contributed by atoms with Crippen molar-refractivity contribution < 1.29 is 17.9 Å². The fraction of sp³-hybridized carbons (Fsp3) is 0.562. The standard InChI is InChI=1S/C16H24N2O4S/c1-4-18(12(2)13-6-5-7-15(10-13)22-3)16(19)17-14-8-9-23(20,21)11-14/h5-7,10,12,14H,4,8-9,11H2,1-3H3,(H,17,19)/t12-,14-/m1/s1. The highest BCUT2D eigenvalue weighted by atomic mass is 32.2. The molecule has 2 rings (SSSR count). The van der Waals surface area contributed by atoms with E-state index in [-0.39, 0.29) is 29.6 Å². The first-order valence-corrected chi connectivity index (χ1v) is 9.60. The van der Waals surface area contributed by atoms with E-state index in [2.05, 4.69) is 5.32 Å². The van der Waals surface area contributed by atoms with Gasteiger partial charge in [0.1, 0.15) is 5.75 Å². The monoisotopic (exact) mass is 340 g/mol. The fourth-order valence-corrected chi connectivity index (χ4v) is 4.51. The van der Waals surface area contributed by atoms with Gasteiger partial charge in [-0.25, -0.2) is 13.2 Å². The van der Waals surface area contributed by atoms with Crippen molar-refractivity contribution in [2.45, 2.75) is 32.4 Å². The van der Waals surface area contributed by atoms with Crippen molar-refractivity contribution in [2.75, 3.05) is 25.2 Å². The second-order valence-corrected chi connectivity index (χ2v) is 8.02. The lowest BCUT2D eigenvalue weighted by Gasteiger charge is -2.30. The Morgan fingerprint density at radius 1 is 1.48 bits per heavy atom. The molecule has 6 nitrogen and oxygen atoms in total. The van der Waals surface area contributed by atoms with Crippen molar-refractivity contribution in [3.05, 3.63) is 29.8 Å². The Kier molecular flexibility index (Phi) is 5.51. The highest BCUT2D eigenvalue weighted by molar-refractivity contribution is 7.91. The highest BCUT2D eigenvalue weighted by Crippen LogP contribution is 2.24. The highest BCUT2D eigenvalue weighted by Gasteiger charge is 2.31. The van der Waals surface area contributed by atoms with Gasteiger partial charge >= 0.3 is 6.03 Å². The van der Waals surface area contributed by atoms with E-state index < -0.39 is 9.84 Å². The minimum absolute atomic E-state index is 0.0316. The predicted octanol–water partition coefficient (Wildman–Crippen LogP) is 1.97. The molecular weight excluding hydrogens is 316 g/mol. The molecule has 2 amide bonds. The quantitative estimate of drug-likeness (QED) is 0.889. The predicted molar refractivity (Wildman–Crippen MR) is 89.4 cm³/mol. The minimum atomic E-state index is -3.00. The summed E-state index contributed by atoms with van der Waals surface area (Å²) in [7, 11) is -1.40. The normalized spacial score (nSPS) is 20.7. The summed E-state index contributed by atoms with van der Waals surface area (Å²) in [5, 5.41) is 2.84. The Bertz CT molecular complexity index is 660. The molecule has 0 bridgehead atoms. The Labute approximate surface area is 137 Å². The molecular formula is C16H24N2O4S. The van der Waals surface area contributed by atoms with E-state index in [0.717, 1.165) is 11.3 Å². The molecule has 1 aliphatic heterocycles. The van der Waals surface area contributed by atoms with E-state index in [1.54, 1.807) is 12.0 Å². The first-order valence-electron chi connectivity index (χ1n) is 7.77. The summed E-state index contributed by atoms with van der Waals surface area (Å²) < 4.78 is 28.2. The van der Waals surface area contributed by atoms with Crippen LogP contribution in [0.25, 0.3) is 0 Å². The molecule has 128 valence electrons. The molecule has 23 heavy (non-hydrogen) atoms. The molecule has 1 aliphatic rings. The minimum Gasteiger partial charge on any atom is -0.497 e.